The van der Waals surface area contributed by atoms with Gasteiger partial charge in [-0.15, -0.1) is 0 Å². The number of imidazole rings is 1. The third-order valence-electron chi connectivity index (χ3n) is 5.37. The van der Waals surface area contributed by atoms with Crippen molar-refractivity contribution in [3.05, 3.63) is 77.0 Å². The van der Waals surface area contributed by atoms with Gasteiger partial charge in [-0.25, -0.2) is 4.98 Å². The lowest BCUT2D eigenvalue weighted by atomic mass is 10.1. The molecule has 1 aliphatic rings. The van der Waals surface area contributed by atoms with Crippen LogP contribution in [0, 0.1) is 0 Å². The van der Waals surface area contributed by atoms with E-state index in [1.54, 1.807) is 24.8 Å². The molecule has 1 aliphatic carbocycles. The van der Waals surface area contributed by atoms with Crippen molar-refractivity contribution in [3.63, 3.8) is 0 Å². The fourth-order valence-corrected chi connectivity index (χ4v) is 3.66. The zero-order valence-electron chi connectivity index (χ0n) is 16.3. The third kappa shape index (κ3) is 3.21. The number of H-pyrrole nitrogens is 1. The number of hydrogen-bond donors (Lipinski definition) is 1. The second-order valence-electron chi connectivity index (χ2n) is 7.36. The Morgan fingerprint density at radius 3 is 2.66 bits per heavy atom. The van der Waals surface area contributed by atoms with Crippen molar-refractivity contribution in [2.45, 2.75) is 18.4 Å². The van der Waals surface area contributed by atoms with E-state index >= 15 is 0 Å². The topological polar surface area (TPSA) is 69.1 Å². The number of pyridine rings is 1. The molecule has 2 aromatic carbocycles. The van der Waals surface area contributed by atoms with Gasteiger partial charge in [-0.1, -0.05) is 18.2 Å². The van der Waals surface area contributed by atoms with E-state index in [9.17, 15) is 4.79 Å². The predicted molar refractivity (Wildman–Crippen MR) is 111 cm³/mol. The molecule has 1 N–H and O–H groups in total. The zero-order chi connectivity index (χ0) is 20.0. The van der Waals surface area contributed by atoms with Crippen LogP contribution < -0.4 is 10.3 Å². The van der Waals surface area contributed by atoms with Crippen LogP contribution in [0.25, 0.3) is 22.2 Å². The molecule has 0 aliphatic heterocycles. The van der Waals surface area contributed by atoms with Crippen LogP contribution >= 0.6 is 0 Å². The van der Waals surface area contributed by atoms with Crippen LogP contribution in [0.2, 0.25) is 0 Å². The Labute approximate surface area is 167 Å². The number of aryl methyl sites for hydroxylation is 1. The van der Waals surface area contributed by atoms with Crippen molar-refractivity contribution in [1.82, 2.24) is 14.5 Å². The first-order valence-electron chi connectivity index (χ1n) is 9.59. The van der Waals surface area contributed by atoms with Crippen LogP contribution in [0.5, 0.6) is 11.5 Å². The molecule has 1 fully saturated rings. The quantitative estimate of drug-likeness (QED) is 0.557. The van der Waals surface area contributed by atoms with Crippen molar-refractivity contribution in [2.24, 2.45) is 7.05 Å². The summed E-state index contributed by atoms with van der Waals surface area (Å²) >= 11 is 0. The number of nitrogens with zero attached hydrogens (tertiary/aromatic N) is 2. The molecule has 1 saturated carbocycles. The number of nitrogens with one attached hydrogen (secondary N) is 1. The SMILES string of the molecule is COC1CC1c1nc2c(Oc3ccccc3)c(-c3ccc(=O)n(C)c3)ccc2[nH]1. The van der Waals surface area contributed by atoms with Crippen LogP contribution in [0.1, 0.15) is 18.2 Å². The first kappa shape index (κ1) is 17.7. The van der Waals surface area contributed by atoms with Crippen LogP contribution in [-0.4, -0.2) is 27.7 Å². The molecule has 29 heavy (non-hydrogen) atoms. The minimum absolute atomic E-state index is 0.0539. The van der Waals surface area contributed by atoms with Gasteiger partial charge < -0.3 is 19.0 Å². The number of aromatic nitrogens is 3. The largest absolute Gasteiger partial charge is 0.454 e. The molecule has 4 aromatic rings. The number of ether oxygens (including phenoxy) is 2. The lowest BCUT2D eigenvalue weighted by Gasteiger charge is -2.13. The standard InChI is InChI=1S/C23H21N3O3/c1-26-13-14(8-11-20(26)27)16-9-10-18-21(22(16)29-15-6-4-3-5-7-15)25-23(24-18)17-12-19(17)28-2/h3-11,13,17,19H,12H2,1-2H3,(H,24,25). The van der Waals surface area contributed by atoms with Crippen LogP contribution in [0.15, 0.2) is 65.6 Å². The van der Waals surface area contributed by atoms with E-state index in [1.807, 2.05) is 54.7 Å². The monoisotopic (exact) mass is 387 g/mol. The average Bonchev–Trinajstić information content (AvgIpc) is 3.41. The van der Waals surface area contributed by atoms with E-state index in [2.05, 4.69) is 4.98 Å². The molecule has 5 rings (SSSR count). The molecular formula is C23H21N3O3. The van der Waals surface area contributed by atoms with Gasteiger partial charge in [0.25, 0.3) is 0 Å². The number of hydrogen-bond acceptors (Lipinski definition) is 4. The highest BCUT2D eigenvalue weighted by atomic mass is 16.5. The van der Waals surface area contributed by atoms with Crippen molar-refractivity contribution >= 4 is 11.0 Å². The molecule has 146 valence electrons. The molecule has 2 unspecified atom stereocenters. The number of para-hydroxylation sites is 1. The number of methoxy groups -OCH3 is 1. The summed E-state index contributed by atoms with van der Waals surface area (Å²) in [6, 6.07) is 17.0. The minimum atomic E-state index is -0.0539. The average molecular weight is 387 g/mol. The van der Waals surface area contributed by atoms with Gasteiger partial charge in [-0.05, 0) is 36.8 Å². The Hall–Kier alpha value is -3.38. The third-order valence-corrected chi connectivity index (χ3v) is 5.37. The Kier molecular flexibility index (Phi) is 4.21. The molecule has 2 aromatic heterocycles. The van der Waals surface area contributed by atoms with Gasteiger partial charge in [0.1, 0.15) is 17.1 Å². The van der Waals surface area contributed by atoms with Gasteiger partial charge in [-0.2, -0.15) is 0 Å². The van der Waals surface area contributed by atoms with Crippen molar-refractivity contribution < 1.29 is 9.47 Å². The highest BCUT2D eigenvalue weighted by Gasteiger charge is 2.41. The van der Waals surface area contributed by atoms with E-state index < -0.39 is 0 Å². The van der Waals surface area contributed by atoms with Crippen LogP contribution in [0.4, 0.5) is 0 Å². The second-order valence-corrected chi connectivity index (χ2v) is 7.36. The summed E-state index contributed by atoms with van der Waals surface area (Å²) in [7, 11) is 3.47. The van der Waals surface area contributed by atoms with Gasteiger partial charge in [0.15, 0.2) is 5.75 Å². The molecule has 0 radical (unpaired) electrons. The van der Waals surface area contributed by atoms with Gasteiger partial charge >= 0.3 is 0 Å². The van der Waals surface area contributed by atoms with Crippen LogP contribution in [-0.2, 0) is 11.8 Å². The molecule has 0 bridgehead atoms. The summed E-state index contributed by atoms with van der Waals surface area (Å²) in [5.74, 6) is 2.61. The Morgan fingerprint density at radius 1 is 1.10 bits per heavy atom. The van der Waals surface area contributed by atoms with Gasteiger partial charge in [-0.3, -0.25) is 4.79 Å². The summed E-state index contributed by atoms with van der Waals surface area (Å²) in [4.78, 5) is 20.1. The minimum Gasteiger partial charge on any atom is -0.454 e. The summed E-state index contributed by atoms with van der Waals surface area (Å²) in [5, 5.41) is 0. The zero-order valence-corrected chi connectivity index (χ0v) is 16.3. The molecule has 0 amide bonds. The predicted octanol–water partition coefficient (Wildman–Crippen LogP) is 4.22. The summed E-state index contributed by atoms with van der Waals surface area (Å²) in [6.07, 6.45) is 3.01. The fourth-order valence-electron chi connectivity index (χ4n) is 3.66. The smallest absolute Gasteiger partial charge is 0.250 e. The lowest BCUT2D eigenvalue weighted by molar-refractivity contribution is 0.177. The molecule has 2 atom stereocenters. The summed E-state index contributed by atoms with van der Waals surface area (Å²) < 4.78 is 13.3. The van der Waals surface area contributed by atoms with E-state index in [0.717, 1.165) is 40.2 Å². The van der Waals surface area contributed by atoms with E-state index in [0.29, 0.717) is 5.75 Å². The molecule has 0 saturated heterocycles. The fraction of sp³-hybridized carbons (Fsp3) is 0.217. The second kappa shape index (κ2) is 6.90. The van der Waals surface area contributed by atoms with Crippen molar-refractivity contribution in [2.75, 3.05) is 7.11 Å². The Bertz CT molecular complexity index is 1240. The summed E-state index contributed by atoms with van der Waals surface area (Å²) in [5.41, 5.74) is 3.42. The van der Waals surface area contributed by atoms with Crippen molar-refractivity contribution in [1.29, 1.82) is 0 Å². The lowest BCUT2D eigenvalue weighted by Crippen LogP contribution is -2.14. The van der Waals surface area contributed by atoms with Gasteiger partial charge in [0, 0.05) is 43.5 Å². The van der Waals surface area contributed by atoms with E-state index in [4.69, 9.17) is 14.5 Å². The summed E-state index contributed by atoms with van der Waals surface area (Å²) in [6.45, 7) is 0. The first-order chi connectivity index (χ1) is 14.1. The number of rotatable bonds is 5. The molecule has 2 heterocycles. The van der Waals surface area contributed by atoms with E-state index in [1.165, 1.54) is 0 Å². The van der Waals surface area contributed by atoms with Gasteiger partial charge in [0.2, 0.25) is 5.56 Å². The maximum atomic E-state index is 11.8. The van der Waals surface area contributed by atoms with E-state index in [-0.39, 0.29) is 17.6 Å². The number of aromatic amines is 1. The molecule has 6 heteroatoms. The maximum Gasteiger partial charge on any atom is 0.250 e. The molecule has 0 spiro atoms. The van der Waals surface area contributed by atoms with Crippen molar-refractivity contribution in [3.8, 4) is 22.6 Å². The number of fused-ring (bicyclic) bond motifs is 1. The Morgan fingerprint density at radius 2 is 1.93 bits per heavy atom. The van der Waals surface area contributed by atoms with Gasteiger partial charge in [0.05, 0.1) is 11.6 Å². The molecule has 6 nitrogen and oxygen atoms in total. The van der Waals surface area contributed by atoms with Crippen LogP contribution in [0.3, 0.4) is 0 Å². The first-order valence-corrected chi connectivity index (χ1v) is 9.59. The number of benzene rings is 2. The highest BCUT2D eigenvalue weighted by molar-refractivity contribution is 5.91. The molecular weight excluding hydrogens is 366 g/mol. The Balaban J connectivity index is 1.67. The normalized spacial score (nSPS) is 18.1. The highest BCUT2D eigenvalue weighted by Crippen LogP contribution is 2.44. The maximum absolute atomic E-state index is 11.8.